The van der Waals surface area contributed by atoms with E-state index in [0.29, 0.717) is 0 Å². The van der Waals surface area contributed by atoms with Gasteiger partial charge in [0.05, 0.1) is 0 Å². The molecule has 0 aliphatic heterocycles. The van der Waals surface area contributed by atoms with Crippen LogP contribution in [0, 0.1) is 5.92 Å². The zero-order valence-electron chi connectivity index (χ0n) is 12.9. The SMILES string of the molecule is CCCC(C)CC(N)C(C)(CC)N(CC)CC. The van der Waals surface area contributed by atoms with Crippen LogP contribution in [0.15, 0.2) is 0 Å². The Morgan fingerprint density at radius 1 is 1.12 bits per heavy atom. The number of nitrogens with two attached hydrogens (primary N) is 1. The van der Waals surface area contributed by atoms with E-state index in [0.717, 1.165) is 31.8 Å². The molecule has 0 aliphatic carbocycles. The Kier molecular flexibility index (Phi) is 8.06. The first-order chi connectivity index (χ1) is 7.96. The maximum Gasteiger partial charge on any atom is 0.0329 e. The molecule has 3 atom stereocenters. The maximum atomic E-state index is 6.50. The van der Waals surface area contributed by atoms with Gasteiger partial charge in [0.1, 0.15) is 0 Å². The van der Waals surface area contributed by atoms with Crippen molar-refractivity contribution in [3.05, 3.63) is 0 Å². The van der Waals surface area contributed by atoms with E-state index >= 15 is 0 Å². The summed E-state index contributed by atoms with van der Waals surface area (Å²) in [5.74, 6) is 0.747. The minimum Gasteiger partial charge on any atom is -0.326 e. The summed E-state index contributed by atoms with van der Waals surface area (Å²) in [6, 6.07) is 0.286. The van der Waals surface area contributed by atoms with E-state index in [9.17, 15) is 0 Å². The Bertz CT molecular complexity index is 189. The molecule has 2 N–H and O–H groups in total. The second kappa shape index (κ2) is 8.10. The fraction of sp³-hybridized carbons (Fsp3) is 1.00. The average Bonchev–Trinajstić information content (AvgIpc) is 2.30. The molecular weight excluding hydrogens is 208 g/mol. The molecule has 3 unspecified atom stereocenters. The Hall–Kier alpha value is -0.0800. The van der Waals surface area contributed by atoms with Crippen LogP contribution in [0.25, 0.3) is 0 Å². The van der Waals surface area contributed by atoms with Gasteiger partial charge in [0.2, 0.25) is 0 Å². The summed E-state index contributed by atoms with van der Waals surface area (Å²) in [6.07, 6.45) is 4.84. The van der Waals surface area contributed by atoms with Crippen LogP contribution >= 0.6 is 0 Å². The molecule has 0 heterocycles. The van der Waals surface area contributed by atoms with E-state index in [1.807, 2.05) is 0 Å². The van der Waals surface area contributed by atoms with Gasteiger partial charge in [-0.1, -0.05) is 47.5 Å². The van der Waals surface area contributed by atoms with Crippen molar-refractivity contribution >= 4 is 0 Å². The van der Waals surface area contributed by atoms with Gasteiger partial charge in [0.15, 0.2) is 0 Å². The lowest BCUT2D eigenvalue weighted by atomic mass is 9.82. The van der Waals surface area contributed by atoms with Crippen molar-refractivity contribution < 1.29 is 0 Å². The molecule has 0 aromatic rings. The molecule has 0 amide bonds. The van der Waals surface area contributed by atoms with E-state index in [1.165, 1.54) is 12.8 Å². The molecule has 2 nitrogen and oxygen atoms in total. The molecule has 104 valence electrons. The molecule has 0 aliphatic rings. The van der Waals surface area contributed by atoms with Gasteiger partial charge in [0.25, 0.3) is 0 Å². The van der Waals surface area contributed by atoms with Gasteiger partial charge in [-0.3, -0.25) is 4.90 Å². The summed E-state index contributed by atoms with van der Waals surface area (Å²) in [5, 5.41) is 0. The van der Waals surface area contributed by atoms with Crippen molar-refractivity contribution in [1.82, 2.24) is 4.90 Å². The van der Waals surface area contributed by atoms with Crippen LogP contribution in [0.3, 0.4) is 0 Å². The van der Waals surface area contributed by atoms with Crippen molar-refractivity contribution in [2.45, 2.75) is 78.8 Å². The van der Waals surface area contributed by atoms with Gasteiger partial charge in [-0.05, 0) is 38.8 Å². The third kappa shape index (κ3) is 4.59. The summed E-state index contributed by atoms with van der Waals surface area (Å²) in [4.78, 5) is 2.52. The molecule has 0 saturated carbocycles. The average molecular weight is 242 g/mol. The van der Waals surface area contributed by atoms with Crippen LogP contribution in [-0.2, 0) is 0 Å². The molecular formula is C15H34N2. The molecule has 0 rings (SSSR count). The first-order valence-electron chi connectivity index (χ1n) is 7.46. The minimum atomic E-state index is 0.158. The topological polar surface area (TPSA) is 29.3 Å². The van der Waals surface area contributed by atoms with Crippen molar-refractivity contribution in [3.63, 3.8) is 0 Å². The number of nitrogens with zero attached hydrogens (tertiary/aromatic N) is 1. The predicted molar refractivity (Wildman–Crippen MR) is 78.3 cm³/mol. The van der Waals surface area contributed by atoms with Gasteiger partial charge in [-0.2, -0.15) is 0 Å². The van der Waals surface area contributed by atoms with E-state index in [1.54, 1.807) is 0 Å². The van der Waals surface area contributed by atoms with Gasteiger partial charge < -0.3 is 5.73 Å². The van der Waals surface area contributed by atoms with Crippen molar-refractivity contribution in [2.75, 3.05) is 13.1 Å². The summed E-state index contributed by atoms with van der Waals surface area (Å²) in [7, 11) is 0. The minimum absolute atomic E-state index is 0.158. The Morgan fingerprint density at radius 3 is 2.00 bits per heavy atom. The molecule has 17 heavy (non-hydrogen) atoms. The van der Waals surface area contributed by atoms with Crippen LogP contribution in [0.4, 0.5) is 0 Å². The molecule has 0 saturated heterocycles. The highest BCUT2D eigenvalue weighted by Crippen LogP contribution is 2.27. The molecule has 0 bridgehead atoms. The van der Waals surface area contributed by atoms with Gasteiger partial charge >= 0.3 is 0 Å². The van der Waals surface area contributed by atoms with E-state index in [2.05, 4.69) is 46.4 Å². The van der Waals surface area contributed by atoms with E-state index < -0.39 is 0 Å². The fourth-order valence-electron chi connectivity index (χ4n) is 2.96. The maximum absolute atomic E-state index is 6.50. The largest absolute Gasteiger partial charge is 0.326 e. The van der Waals surface area contributed by atoms with Gasteiger partial charge in [-0.25, -0.2) is 0 Å². The smallest absolute Gasteiger partial charge is 0.0329 e. The normalized spacial score (nSPS) is 19.1. The molecule has 2 heteroatoms. The van der Waals surface area contributed by atoms with Crippen LogP contribution in [0.1, 0.15) is 67.2 Å². The summed E-state index contributed by atoms with van der Waals surface area (Å²) >= 11 is 0. The van der Waals surface area contributed by atoms with Crippen molar-refractivity contribution in [1.29, 1.82) is 0 Å². The first kappa shape index (κ1) is 16.9. The zero-order valence-corrected chi connectivity index (χ0v) is 12.9. The molecule has 0 aromatic heterocycles. The summed E-state index contributed by atoms with van der Waals surface area (Å²) < 4.78 is 0. The number of hydrogen-bond acceptors (Lipinski definition) is 2. The molecule has 0 aromatic carbocycles. The van der Waals surface area contributed by atoms with Crippen LogP contribution in [-0.4, -0.2) is 29.6 Å². The Labute approximate surface area is 109 Å². The highest BCUT2D eigenvalue weighted by molar-refractivity contribution is 4.94. The van der Waals surface area contributed by atoms with Crippen LogP contribution < -0.4 is 5.73 Å². The Balaban J connectivity index is 4.61. The van der Waals surface area contributed by atoms with E-state index in [4.69, 9.17) is 5.73 Å². The van der Waals surface area contributed by atoms with Crippen molar-refractivity contribution in [3.8, 4) is 0 Å². The quantitative estimate of drug-likeness (QED) is 0.669. The zero-order chi connectivity index (χ0) is 13.5. The van der Waals surface area contributed by atoms with Crippen LogP contribution in [0.2, 0.25) is 0 Å². The second-order valence-corrected chi connectivity index (χ2v) is 5.62. The lowest BCUT2D eigenvalue weighted by Crippen LogP contribution is -2.58. The van der Waals surface area contributed by atoms with Gasteiger partial charge in [0, 0.05) is 11.6 Å². The highest BCUT2D eigenvalue weighted by atomic mass is 15.2. The lowest BCUT2D eigenvalue weighted by Gasteiger charge is -2.45. The monoisotopic (exact) mass is 242 g/mol. The third-order valence-corrected chi connectivity index (χ3v) is 4.44. The number of rotatable bonds is 9. The molecule has 0 radical (unpaired) electrons. The predicted octanol–water partition coefficient (Wildman–Crippen LogP) is 3.65. The fourth-order valence-corrected chi connectivity index (χ4v) is 2.96. The number of likely N-dealkylation sites (N-methyl/N-ethyl adjacent to an activating group) is 1. The molecule has 0 fully saturated rings. The highest BCUT2D eigenvalue weighted by Gasteiger charge is 2.34. The van der Waals surface area contributed by atoms with Crippen molar-refractivity contribution in [2.24, 2.45) is 11.7 Å². The summed E-state index contributed by atoms with van der Waals surface area (Å²) in [5.41, 5.74) is 6.66. The summed E-state index contributed by atoms with van der Waals surface area (Å²) in [6.45, 7) is 15.9. The number of hydrogen-bond donors (Lipinski definition) is 1. The van der Waals surface area contributed by atoms with E-state index in [-0.39, 0.29) is 11.6 Å². The molecule has 0 spiro atoms. The lowest BCUT2D eigenvalue weighted by molar-refractivity contribution is 0.0754. The second-order valence-electron chi connectivity index (χ2n) is 5.62. The van der Waals surface area contributed by atoms with Gasteiger partial charge in [-0.15, -0.1) is 0 Å². The van der Waals surface area contributed by atoms with Crippen LogP contribution in [0.5, 0.6) is 0 Å². The first-order valence-corrected chi connectivity index (χ1v) is 7.46. The third-order valence-electron chi connectivity index (χ3n) is 4.44. The Morgan fingerprint density at radius 2 is 1.65 bits per heavy atom. The standard InChI is InChI=1S/C15H34N2/c1-7-11-13(5)12-14(16)15(6,8-2)17(9-3)10-4/h13-14H,7-12,16H2,1-6H3.